The molecule has 0 radical (unpaired) electrons. The Labute approximate surface area is 226 Å². The van der Waals surface area contributed by atoms with E-state index < -0.39 is 53.9 Å². The summed E-state index contributed by atoms with van der Waals surface area (Å²) in [6.45, 7) is 4.89. The van der Waals surface area contributed by atoms with Crippen molar-refractivity contribution in [1.82, 2.24) is 21.3 Å². The molecule has 1 atom stereocenters. The second-order valence-corrected chi connectivity index (χ2v) is 9.77. The van der Waals surface area contributed by atoms with Gasteiger partial charge in [0, 0.05) is 17.6 Å². The molecule has 4 N–H and O–H groups in total. The summed E-state index contributed by atoms with van der Waals surface area (Å²) < 4.78 is 79.4. The van der Waals surface area contributed by atoms with Crippen LogP contribution in [0.2, 0.25) is 0 Å². The molecule has 0 aliphatic heterocycles. The Kier molecular flexibility index (Phi) is 10.9. The second-order valence-electron chi connectivity index (χ2n) is 9.77. The van der Waals surface area contributed by atoms with Crippen molar-refractivity contribution < 1.29 is 45.5 Å². The maximum Gasteiger partial charge on any atom is 0.573 e. The van der Waals surface area contributed by atoms with Crippen molar-refractivity contribution in [1.29, 1.82) is 0 Å². The fourth-order valence-electron chi connectivity index (χ4n) is 3.35. The monoisotopic (exact) mass is 576 g/mol. The summed E-state index contributed by atoms with van der Waals surface area (Å²) in [6.07, 6.45) is -9.04. The fraction of sp³-hybridized carbons (Fsp3) is 0.423. The van der Waals surface area contributed by atoms with Crippen LogP contribution in [0.3, 0.4) is 0 Å². The lowest BCUT2D eigenvalue weighted by Gasteiger charge is -2.26. The Bertz CT molecular complexity index is 1160. The molecule has 0 aromatic heterocycles. The largest absolute Gasteiger partial charge is 0.573 e. The van der Waals surface area contributed by atoms with Crippen LogP contribution in [0.1, 0.15) is 42.3 Å². The van der Waals surface area contributed by atoms with E-state index in [1.807, 2.05) is 0 Å². The van der Waals surface area contributed by atoms with Crippen molar-refractivity contribution in [3.63, 3.8) is 0 Å². The van der Waals surface area contributed by atoms with Gasteiger partial charge in [0.05, 0.1) is 12.1 Å². The number of nitrogens with one attached hydrogen (secondary N) is 4. The molecule has 2 aromatic carbocycles. The topological polar surface area (TPSA) is 109 Å². The molecule has 0 saturated carbocycles. The molecule has 2 aromatic rings. The average molecular weight is 577 g/mol. The molecule has 0 aliphatic rings. The van der Waals surface area contributed by atoms with Crippen molar-refractivity contribution in [2.75, 3.05) is 19.6 Å². The molecule has 2 rings (SSSR count). The minimum Gasteiger partial charge on any atom is -0.406 e. The quantitative estimate of drug-likeness (QED) is 0.242. The first-order chi connectivity index (χ1) is 18.4. The summed E-state index contributed by atoms with van der Waals surface area (Å²) in [6, 6.07) is 7.92. The predicted molar refractivity (Wildman–Crippen MR) is 133 cm³/mol. The highest BCUT2D eigenvalue weighted by atomic mass is 19.4. The number of amides is 3. The third-order valence-electron chi connectivity index (χ3n) is 5.11. The Morgan fingerprint density at radius 1 is 0.925 bits per heavy atom. The molecule has 3 amide bonds. The van der Waals surface area contributed by atoms with Crippen LogP contribution in [0.5, 0.6) is 5.75 Å². The number of hydrogen-bond acceptors (Lipinski definition) is 5. The van der Waals surface area contributed by atoms with Crippen LogP contribution in [0.15, 0.2) is 48.5 Å². The Balaban J connectivity index is 1.92. The van der Waals surface area contributed by atoms with Crippen molar-refractivity contribution in [2.45, 2.75) is 51.3 Å². The zero-order valence-electron chi connectivity index (χ0n) is 21.9. The highest BCUT2D eigenvalue weighted by Gasteiger charge is 2.32. The summed E-state index contributed by atoms with van der Waals surface area (Å²) in [5, 5.41) is 10.4. The van der Waals surface area contributed by atoms with Crippen molar-refractivity contribution in [3.05, 3.63) is 65.2 Å². The van der Waals surface area contributed by atoms with Crippen molar-refractivity contribution >= 4 is 17.7 Å². The van der Waals surface area contributed by atoms with Crippen LogP contribution in [-0.2, 0) is 22.2 Å². The molecule has 0 bridgehead atoms. The van der Waals surface area contributed by atoms with Crippen LogP contribution in [-0.4, -0.2) is 55.3 Å². The molecule has 40 heavy (non-hydrogen) atoms. The summed E-state index contributed by atoms with van der Waals surface area (Å²) in [7, 11) is 0. The number of alkyl halides is 6. The number of halogens is 6. The van der Waals surface area contributed by atoms with Crippen LogP contribution in [0, 0.1) is 0 Å². The molecule has 0 aliphatic carbocycles. The van der Waals surface area contributed by atoms with Crippen LogP contribution in [0.25, 0.3) is 0 Å². The maximum absolute atomic E-state index is 12.9. The minimum atomic E-state index is -4.79. The van der Waals surface area contributed by atoms with Gasteiger partial charge in [-0.2, -0.15) is 13.2 Å². The highest BCUT2D eigenvalue weighted by molar-refractivity contribution is 5.97. The Hall–Kier alpha value is -3.81. The van der Waals surface area contributed by atoms with Crippen LogP contribution in [0.4, 0.5) is 26.3 Å². The van der Waals surface area contributed by atoms with Gasteiger partial charge in [-0.15, -0.1) is 13.2 Å². The van der Waals surface area contributed by atoms with Gasteiger partial charge in [0.15, 0.2) is 0 Å². The Morgan fingerprint density at radius 2 is 1.57 bits per heavy atom. The summed E-state index contributed by atoms with van der Waals surface area (Å²) >= 11 is 0. The molecule has 8 nitrogen and oxygen atoms in total. The summed E-state index contributed by atoms with van der Waals surface area (Å²) in [5.41, 5.74) is -1.23. The van der Waals surface area contributed by atoms with Crippen molar-refractivity contribution in [2.24, 2.45) is 0 Å². The molecule has 14 heteroatoms. The molecule has 1 unspecified atom stereocenters. The number of carbonyl (C=O) groups excluding carboxylic acids is 3. The van der Waals surface area contributed by atoms with E-state index >= 15 is 0 Å². The molecular weight excluding hydrogens is 546 g/mol. The number of benzene rings is 2. The van der Waals surface area contributed by atoms with Gasteiger partial charge < -0.3 is 26.0 Å². The van der Waals surface area contributed by atoms with E-state index in [1.165, 1.54) is 30.3 Å². The van der Waals surface area contributed by atoms with E-state index in [0.29, 0.717) is 24.6 Å². The fourth-order valence-corrected chi connectivity index (χ4v) is 3.35. The lowest BCUT2D eigenvalue weighted by Crippen LogP contribution is -2.57. The zero-order valence-corrected chi connectivity index (χ0v) is 21.9. The smallest absolute Gasteiger partial charge is 0.406 e. The van der Waals surface area contributed by atoms with Gasteiger partial charge in [0.25, 0.3) is 5.91 Å². The van der Waals surface area contributed by atoms with Gasteiger partial charge in [-0.1, -0.05) is 18.2 Å². The van der Waals surface area contributed by atoms with Crippen molar-refractivity contribution in [3.8, 4) is 5.75 Å². The third-order valence-corrected chi connectivity index (χ3v) is 5.11. The Morgan fingerprint density at radius 3 is 2.15 bits per heavy atom. The van der Waals surface area contributed by atoms with E-state index in [1.54, 1.807) is 20.8 Å². The second kappa shape index (κ2) is 13.5. The highest BCUT2D eigenvalue weighted by Crippen LogP contribution is 2.29. The van der Waals surface area contributed by atoms with Gasteiger partial charge in [-0.3, -0.25) is 14.4 Å². The maximum atomic E-state index is 12.9. The van der Waals surface area contributed by atoms with E-state index in [9.17, 15) is 40.7 Å². The zero-order chi connectivity index (χ0) is 30.1. The van der Waals surface area contributed by atoms with Gasteiger partial charge in [-0.05, 0) is 69.6 Å². The third kappa shape index (κ3) is 11.9. The lowest BCUT2D eigenvalue weighted by atomic mass is 10.1. The minimum absolute atomic E-state index is 0.0233. The first-order valence-corrected chi connectivity index (χ1v) is 12.1. The number of carbonyl (C=O) groups is 3. The summed E-state index contributed by atoms with van der Waals surface area (Å²) in [4.78, 5) is 37.5. The molecule has 0 heterocycles. The van der Waals surface area contributed by atoms with E-state index in [4.69, 9.17) is 0 Å². The van der Waals surface area contributed by atoms with Gasteiger partial charge in [-0.25, -0.2) is 0 Å². The van der Waals surface area contributed by atoms with Gasteiger partial charge >= 0.3 is 12.5 Å². The van der Waals surface area contributed by atoms with Crippen LogP contribution < -0.4 is 26.0 Å². The SMILES string of the molecule is CC(C)(C)NC(=O)C(CNCCc1ccc(OC(F)(F)F)cc1)NC(=O)CNC(=O)c1cccc(C(F)(F)F)c1. The number of rotatable bonds is 11. The van der Waals surface area contributed by atoms with E-state index in [2.05, 4.69) is 26.0 Å². The lowest BCUT2D eigenvalue weighted by molar-refractivity contribution is -0.274. The molecule has 0 spiro atoms. The van der Waals surface area contributed by atoms with Gasteiger partial charge in [0.1, 0.15) is 11.8 Å². The molecule has 0 saturated heterocycles. The molecule has 220 valence electrons. The summed E-state index contributed by atoms with van der Waals surface area (Å²) in [5.74, 6) is -2.53. The van der Waals surface area contributed by atoms with Crippen LogP contribution >= 0.6 is 0 Å². The number of hydrogen-bond donors (Lipinski definition) is 4. The van der Waals surface area contributed by atoms with E-state index in [0.717, 1.165) is 12.1 Å². The van der Waals surface area contributed by atoms with E-state index in [-0.39, 0.29) is 17.9 Å². The van der Waals surface area contributed by atoms with Gasteiger partial charge in [0.2, 0.25) is 11.8 Å². The standard InChI is InChI=1S/C26H30F6N4O4/c1-24(2,3)36-23(39)20(14-33-12-11-16-7-9-19(10-8-16)40-26(30,31)32)35-21(37)15-34-22(38)17-5-4-6-18(13-17)25(27,28)29/h4-10,13,20,33H,11-12,14-15H2,1-3H3,(H,34,38)(H,35,37)(H,36,39). The number of ether oxygens (including phenoxy) is 1. The predicted octanol–water partition coefficient (Wildman–Crippen LogP) is 3.57. The first kappa shape index (κ1) is 32.4. The molecular formula is C26H30F6N4O4. The molecule has 0 fully saturated rings. The first-order valence-electron chi connectivity index (χ1n) is 12.1. The average Bonchev–Trinajstić information content (AvgIpc) is 2.83. The normalized spacial score (nSPS) is 12.8.